The minimum atomic E-state index is 0.347. The van der Waals surface area contributed by atoms with Crippen LogP contribution < -0.4 is 5.73 Å². The molecule has 0 aliphatic heterocycles. The van der Waals surface area contributed by atoms with Gasteiger partial charge in [-0.2, -0.15) is 0 Å². The average molecular weight is 275 g/mol. The first-order valence-electron chi connectivity index (χ1n) is 8.08. The summed E-state index contributed by atoms with van der Waals surface area (Å²) in [6.45, 7) is 6.46. The molecule has 0 aromatic carbocycles. The lowest BCUT2D eigenvalue weighted by molar-refractivity contribution is 0.131. The van der Waals surface area contributed by atoms with E-state index in [9.17, 15) is 0 Å². The highest BCUT2D eigenvalue weighted by molar-refractivity contribution is 5.16. The molecular formula is C17H29N3. The molecule has 0 amide bonds. The van der Waals surface area contributed by atoms with Crippen LogP contribution in [-0.2, 0) is 0 Å². The number of hydrogen-bond donors (Lipinski definition) is 1. The molecule has 1 unspecified atom stereocenters. The highest BCUT2D eigenvalue weighted by atomic mass is 15.2. The second kappa shape index (κ2) is 7.75. The topological polar surface area (TPSA) is 42.1 Å². The monoisotopic (exact) mass is 275 g/mol. The van der Waals surface area contributed by atoms with Gasteiger partial charge in [0.05, 0.1) is 0 Å². The van der Waals surface area contributed by atoms with Crippen molar-refractivity contribution in [1.82, 2.24) is 9.88 Å². The summed E-state index contributed by atoms with van der Waals surface area (Å²) >= 11 is 0. The maximum atomic E-state index is 6.12. The summed E-state index contributed by atoms with van der Waals surface area (Å²) in [5, 5.41) is 0. The van der Waals surface area contributed by atoms with Crippen molar-refractivity contribution in [3.8, 4) is 0 Å². The van der Waals surface area contributed by atoms with Crippen LogP contribution in [-0.4, -0.2) is 29.0 Å². The molecule has 3 nitrogen and oxygen atoms in total. The first kappa shape index (κ1) is 15.5. The fourth-order valence-corrected chi connectivity index (χ4v) is 3.28. The van der Waals surface area contributed by atoms with Gasteiger partial charge in [-0.05, 0) is 49.4 Å². The average Bonchev–Trinajstić information content (AvgIpc) is 2.98. The summed E-state index contributed by atoms with van der Waals surface area (Å²) in [5.41, 5.74) is 7.44. The molecule has 1 heterocycles. The van der Waals surface area contributed by atoms with Crippen LogP contribution in [0.1, 0.15) is 57.6 Å². The van der Waals surface area contributed by atoms with Crippen molar-refractivity contribution >= 4 is 0 Å². The van der Waals surface area contributed by atoms with E-state index in [1.807, 2.05) is 12.4 Å². The number of aromatic nitrogens is 1. The molecule has 3 heteroatoms. The van der Waals surface area contributed by atoms with E-state index >= 15 is 0 Å². The maximum absolute atomic E-state index is 6.12. The molecule has 0 spiro atoms. The zero-order valence-electron chi connectivity index (χ0n) is 13.0. The van der Waals surface area contributed by atoms with Crippen LogP contribution in [0.15, 0.2) is 24.5 Å². The predicted molar refractivity (Wildman–Crippen MR) is 84.4 cm³/mol. The maximum Gasteiger partial charge on any atom is 0.0474 e. The zero-order chi connectivity index (χ0) is 14.4. The molecule has 2 rings (SSSR count). The molecule has 1 fully saturated rings. The van der Waals surface area contributed by atoms with Gasteiger partial charge in [0.1, 0.15) is 0 Å². The van der Waals surface area contributed by atoms with Crippen LogP contribution in [0.4, 0.5) is 0 Å². The number of rotatable bonds is 7. The van der Waals surface area contributed by atoms with Crippen molar-refractivity contribution in [2.24, 2.45) is 11.7 Å². The van der Waals surface area contributed by atoms with Crippen molar-refractivity contribution in [1.29, 1.82) is 0 Å². The Hall–Kier alpha value is -0.930. The number of nitrogens with zero attached hydrogens (tertiary/aromatic N) is 2. The zero-order valence-corrected chi connectivity index (χ0v) is 13.0. The third kappa shape index (κ3) is 4.03. The summed E-state index contributed by atoms with van der Waals surface area (Å²) in [5.74, 6) is 0.745. The summed E-state index contributed by atoms with van der Waals surface area (Å²) in [4.78, 5) is 6.80. The molecular weight excluding hydrogens is 246 g/mol. The van der Waals surface area contributed by atoms with E-state index in [-0.39, 0.29) is 0 Å². The molecule has 1 saturated carbocycles. The highest BCUT2D eigenvalue weighted by Gasteiger charge is 2.28. The fraction of sp³-hybridized carbons (Fsp3) is 0.706. The van der Waals surface area contributed by atoms with E-state index in [1.54, 1.807) is 0 Å². The van der Waals surface area contributed by atoms with E-state index in [4.69, 9.17) is 5.73 Å². The molecule has 112 valence electrons. The van der Waals surface area contributed by atoms with Gasteiger partial charge in [0.25, 0.3) is 0 Å². The first-order valence-corrected chi connectivity index (χ1v) is 8.08. The van der Waals surface area contributed by atoms with Crippen LogP contribution in [0.25, 0.3) is 0 Å². The van der Waals surface area contributed by atoms with Crippen molar-refractivity contribution in [2.75, 3.05) is 13.1 Å². The predicted octanol–water partition coefficient (Wildman–Crippen LogP) is 3.37. The summed E-state index contributed by atoms with van der Waals surface area (Å²) in [6.07, 6.45) is 10.4. The SMILES string of the molecule is CC(C)CCN(C1CCCC1)C(CN)c1ccncc1. The normalized spacial score (nSPS) is 18.1. The first-order chi connectivity index (χ1) is 9.72. The van der Waals surface area contributed by atoms with Gasteiger partial charge in [0.15, 0.2) is 0 Å². The Kier molecular flexibility index (Phi) is 5.99. The summed E-state index contributed by atoms with van der Waals surface area (Å²) in [7, 11) is 0. The molecule has 20 heavy (non-hydrogen) atoms. The molecule has 1 aliphatic rings. The Morgan fingerprint density at radius 2 is 1.90 bits per heavy atom. The molecule has 0 radical (unpaired) electrons. The molecule has 1 aliphatic carbocycles. The van der Waals surface area contributed by atoms with Gasteiger partial charge in [0.2, 0.25) is 0 Å². The van der Waals surface area contributed by atoms with Gasteiger partial charge in [-0.25, -0.2) is 0 Å². The van der Waals surface area contributed by atoms with Crippen molar-refractivity contribution in [3.05, 3.63) is 30.1 Å². The van der Waals surface area contributed by atoms with Gasteiger partial charge >= 0.3 is 0 Å². The van der Waals surface area contributed by atoms with Gasteiger partial charge in [-0.3, -0.25) is 9.88 Å². The quantitative estimate of drug-likeness (QED) is 0.829. The van der Waals surface area contributed by atoms with Crippen LogP contribution in [0.3, 0.4) is 0 Å². The lowest BCUT2D eigenvalue weighted by Gasteiger charge is -2.36. The third-order valence-electron chi connectivity index (χ3n) is 4.47. The van der Waals surface area contributed by atoms with E-state index in [2.05, 4.69) is 35.9 Å². The summed E-state index contributed by atoms with van der Waals surface area (Å²) < 4.78 is 0. The third-order valence-corrected chi connectivity index (χ3v) is 4.47. The van der Waals surface area contributed by atoms with Crippen molar-refractivity contribution in [3.63, 3.8) is 0 Å². The van der Waals surface area contributed by atoms with Gasteiger partial charge < -0.3 is 5.73 Å². The van der Waals surface area contributed by atoms with E-state index in [1.165, 1.54) is 37.7 Å². The van der Waals surface area contributed by atoms with Crippen LogP contribution >= 0.6 is 0 Å². The van der Waals surface area contributed by atoms with Crippen LogP contribution in [0, 0.1) is 5.92 Å². The van der Waals surface area contributed by atoms with E-state index in [0.717, 1.165) is 18.5 Å². The Morgan fingerprint density at radius 1 is 1.25 bits per heavy atom. The Balaban J connectivity index is 2.13. The Labute approximate surface area is 123 Å². The van der Waals surface area contributed by atoms with Crippen LogP contribution in [0.5, 0.6) is 0 Å². The Bertz CT molecular complexity index is 371. The molecule has 1 atom stereocenters. The lowest BCUT2D eigenvalue weighted by Crippen LogP contribution is -2.41. The molecule has 0 saturated heterocycles. The van der Waals surface area contributed by atoms with Crippen molar-refractivity contribution in [2.45, 2.75) is 58.0 Å². The second-order valence-corrected chi connectivity index (χ2v) is 6.39. The molecule has 1 aromatic heterocycles. The number of hydrogen-bond acceptors (Lipinski definition) is 3. The highest BCUT2D eigenvalue weighted by Crippen LogP contribution is 2.31. The Morgan fingerprint density at radius 3 is 2.45 bits per heavy atom. The lowest BCUT2D eigenvalue weighted by atomic mass is 10.0. The molecule has 2 N–H and O–H groups in total. The second-order valence-electron chi connectivity index (χ2n) is 6.39. The van der Waals surface area contributed by atoms with Gasteiger partial charge in [0, 0.05) is 31.0 Å². The summed E-state index contributed by atoms with van der Waals surface area (Å²) in [6, 6.07) is 5.30. The number of nitrogens with two attached hydrogens (primary N) is 1. The standard InChI is InChI=1S/C17H29N3/c1-14(2)9-12-20(16-5-3-4-6-16)17(13-18)15-7-10-19-11-8-15/h7-8,10-11,14,16-17H,3-6,9,12-13,18H2,1-2H3. The van der Waals surface area contributed by atoms with Crippen molar-refractivity contribution < 1.29 is 0 Å². The molecule has 0 bridgehead atoms. The smallest absolute Gasteiger partial charge is 0.0474 e. The molecule has 1 aromatic rings. The largest absolute Gasteiger partial charge is 0.329 e. The van der Waals surface area contributed by atoms with Gasteiger partial charge in [-0.15, -0.1) is 0 Å². The minimum Gasteiger partial charge on any atom is -0.329 e. The minimum absolute atomic E-state index is 0.347. The van der Waals surface area contributed by atoms with Crippen LogP contribution in [0.2, 0.25) is 0 Å². The fourth-order valence-electron chi connectivity index (χ4n) is 3.28. The van der Waals surface area contributed by atoms with E-state index in [0.29, 0.717) is 12.6 Å². The number of pyridine rings is 1. The van der Waals surface area contributed by atoms with Gasteiger partial charge in [-0.1, -0.05) is 26.7 Å². The van der Waals surface area contributed by atoms with E-state index < -0.39 is 0 Å².